The van der Waals surface area contributed by atoms with Crippen molar-refractivity contribution in [2.75, 3.05) is 38.8 Å². The summed E-state index contributed by atoms with van der Waals surface area (Å²) in [4.78, 5) is 37.2. The number of pyridine rings is 3. The molecule has 13 heteroatoms. The van der Waals surface area contributed by atoms with Crippen LogP contribution in [0.1, 0.15) is 36.9 Å². The minimum absolute atomic E-state index is 0.0124. The summed E-state index contributed by atoms with van der Waals surface area (Å²) in [5.74, 6) is -0.129. The van der Waals surface area contributed by atoms with Crippen LogP contribution in [0.3, 0.4) is 0 Å². The zero-order valence-electron chi connectivity index (χ0n) is 24.7. The van der Waals surface area contributed by atoms with E-state index < -0.39 is 10.7 Å². The van der Waals surface area contributed by atoms with Crippen LogP contribution in [-0.4, -0.2) is 64.3 Å². The van der Waals surface area contributed by atoms with E-state index in [0.717, 1.165) is 30.6 Å². The molecule has 1 saturated heterocycles. The van der Waals surface area contributed by atoms with Crippen LogP contribution >= 0.6 is 0 Å². The summed E-state index contributed by atoms with van der Waals surface area (Å²) in [6.45, 7) is 4.53. The highest BCUT2D eigenvalue weighted by Crippen LogP contribution is 2.41. The number of nitro groups is 1. The third-order valence-electron chi connectivity index (χ3n) is 8.37. The molecule has 0 spiro atoms. The average Bonchev–Trinajstić information content (AvgIpc) is 3.04. The van der Waals surface area contributed by atoms with Gasteiger partial charge in [0.1, 0.15) is 6.61 Å². The lowest BCUT2D eigenvalue weighted by atomic mass is 10.0. The Morgan fingerprint density at radius 3 is 2.75 bits per heavy atom. The number of anilines is 1. The Labute approximate surface area is 252 Å². The molecule has 1 aromatic carbocycles. The van der Waals surface area contributed by atoms with E-state index in [-0.39, 0.29) is 40.2 Å². The molecule has 0 unspecified atom stereocenters. The molecule has 6 rings (SSSR count). The van der Waals surface area contributed by atoms with Crippen molar-refractivity contribution in [1.29, 1.82) is 0 Å². The number of hydrogen-bond acceptors (Lipinski definition) is 10. The summed E-state index contributed by atoms with van der Waals surface area (Å²) in [5, 5.41) is 11.4. The molecule has 230 valence electrons. The van der Waals surface area contributed by atoms with E-state index >= 15 is 4.39 Å². The van der Waals surface area contributed by atoms with E-state index in [1.807, 2.05) is 29.8 Å². The summed E-state index contributed by atoms with van der Waals surface area (Å²) in [7, 11) is 2.95. The number of hydrogen-bond donors (Lipinski definition) is 0. The molecule has 0 aliphatic carbocycles. The second-order valence-corrected chi connectivity index (χ2v) is 11.2. The topological polar surface area (TPSA) is 125 Å². The quantitative estimate of drug-likeness (QED) is 0.199. The second kappa shape index (κ2) is 12.1. The summed E-state index contributed by atoms with van der Waals surface area (Å²) < 4.78 is 33.6. The van der Waals surface area contributed by atoms with E-state index in [9.17, 15) is 14.9 Å². The van der Waals surface area contributed by atoms with E-state index in [4.69, 9.17) is 14.2 Å². The number of methoxy groups -OCH3 is 2. The summed E-state index contributed by atoms with van der Waals surface area (Å²) in [6, 6.07) is 8.10. The van der Waals surface area contributed by atoms with Crippen LogP contribution < -0.4 is 24.5 Å². The Bertz CT molecular complexity index is 1760. The molecular formula is C31H33FN6O6. The van der Waals surface area contributed by atoms with Gasteiger partial charge in [-0.25, -0.2) is 9.37 Å². The van der Waals surface area contributed by atoms with E-state index in [1.54, 1.807) is 19.4 Å². The molecule has 2 aliphatic heterocycles. The number of rotatable bonds is 9. The fraction of sp³-hybridized carbons (Fsp3) is 0.387. The lowest BCUT2D eigenvalue weighted by molar-refractivity contribution is -0.389. The van der Waals surface area contributed by atoms with Crippen LogP contribution in [0.2, 0.25) is 0 Å². The maximum atomic E-state index is 15.1. The minimum atomic E-state index is -0.647. The normalized spacial score (nSPS) is 17.9. The molecule has 0 saturated carbocycles. The highest BCUT2D eigenvalue weighted by molar-refractivity contribution is 5.89. The fourth-order valence-electron chi connectivity index (χ4n) is 6.15. The van der Waals surface area contributed by atoms with Gasteiger partial charge in [-0.15, -0.1) is 0 Å². The zero-order valence-corrected chi connectivity index (χ0v) is 24.7. The zero-order chi connectivity index (χ0) is 31.0. The van der Waals surface area contributed by atoms with Crippen molar-refractivity contribution in [3.63, 3.8) is 0 Å². The minimum Gasteiger partial charge on any atom is -0.490 e. The Morgan fingerprint density at radius 1 is 1.18 bits per heavy atom. The Hall–Kier alpha value is -4.78. The molecule has 0 radical (unpaired) electrons. The van der Waals surface area contributed by atoms with Crippen LogP contribution in [-0.2, 0) is 13.1 Å². The first-order valence-corrected chi connectivity index (χ1v) is 14.4. The van der Waals surface area contributed by atoms with Gasteiger partial charge in [0, 0.05) is 62.3 Å². The Kier molecular flexibility index (Phi) is 8.04. The van der Waals surface area contributed by atoms with Crippen molar-refractivity contribution in [3.8, 4) is 17.4 Å². The average molecular weight is 605 g/mol. The Balaban J connectivity index is 1.38. The van der Waals surface area contributed by atoms with Crippen molar-refractivity contribution in [3.05, 3.63) is 86.2 Å². The molecule has 0 N–H and O–H groups in total. The van der Waals surface area contributed by atoms with Gasteiger partial charge in [-0.3, -0.25) is 9.69 Å². The molecule has 44 heavy (non-hydrogen) atoms. The lowest BCUT2D eigenvalue weighted by Crippen LogP contribution is -2.48. The highest BCUT2D eigenvalue weighted by atomic mass is 19.1. The summed E-state index contributed by atoms with van der Waals surface area (Å²) in [6.07, 6.45) is 6.84. The molecule has 0 bridgehead atoms. The molecule has 0 amide bonds. The number of benzene rings is 1. The van der Waals surface area contributed by atoms with Gasteiger partial charge < -0.3 is 33.8 Å². The predicted molar refractivity (Wildman–Crippen MR) is 161 cm³/mol. The maximum Gasteiger partial charge on any atom is 0.363 e. The molecule has 3 aromatic heterocycles. The molecule has 12 nitrogen and oxygen atoms in total. The number of aromatic nitrogens is 3. The van der Waals surface area contributed by atoms with E-state index in [0.29, 0.717) is 43.2 Å². The number of nitrogens with zero attached hydrogens (tertiary/aromatic N) is 6. The fourth-order valence-corrected chi connectivity index (χ4v) is 6.15. The van der Waals surface area contributed by atoms with Crippen LogP contribution in [0, 0.1) is 15.9 Å². The van der Waals surface area contributed by atoms with Crippen molar-refractivity contribution < 1.29 is 23.5 Å². The first-order valence-electron chi connectivity index (χ1n) is 14.4. The third kappa shape index (κ3) is 5.50. The second-order valence-electron chi connectivity index (χ2n) is 11.2. The van der Waals surface area contributed by atoms with E-state index in [2.05, 4.69) is 19.8 Å². The van der Waals surface area contributed by atoms with Gasteiger partial charge >= 0.3 is 5.82 Å². The molecule has 4 aromatic rings. The highest BCUT2D eigenvalue weighted by Gasteiger charge is 2.30. The molecular weight excluding hydrogens is 571 g/mol. The van der Waals surface area contributed by atoms with Gasteiger partial charge in [-0.05, 0) is 53.4 Å². The van der Waals surface area contributed by atoms with Crippen LogP contribution in [0.5, 0.6) is 17.4 Å². The van der Waals surface area contributed by atoms with Crippen molar-refractivity contribution in [2.24, 2.45) is 0 Å². The van der Waals surface area contributed by atoms with Crippen LogP contribution in [0.15, 0.2) is 53.7 Å². The summed E-state index contributed by atoms with van der Waals surface area (Å²) in [5.41, 5.74) is 2.56. The molecule has 5 heterocycles. The largest absolute Gasteiger partial charge is 0.490 e. The maximum absolute atomic E-state index is 15.1. The van der Waals surface area contributed by atoms with Gasteiger partial charge in [-0.1, -0.05) is 0 Å². The smallest absolute Gasteiger partial charge is 0.363 e. The summed E-state index contributed by atoms with van der Waals surface area (Å²) >= 11 is 0. The first-order chi connectivity index (χ1) is 21.3. The molecule has 2 aliphatic rings. The lowest BCUT2D eigenvalue weighted by Gasteiger charge is -2.40. The van der Waals surface area contributed by atoms with Crippen molar-refractivity contribution >= 4 is 22.4 Å². The SMILES string of the molecule is COc1cc(CN(Cc2cn3c4c(c(OC)c(F)cc4c2=O)OC[C@@H]3C)[C@H]2CCCN(c3ccc([N+](=O)[O-])nc3)C2)ccn1. The third-order valence-corrected chi connectivity index (χ3v) is 8.37. The van der Waals surface area contributed by atoms with Gasteiger partial charge in [0.25, 0.3) is 0 Å². The van der Waals surface area contributed by atoms with Crippen molar-refractivity contribution in [2.45, 2.75) is 44.9 Å². The van der Waals surface area contributed by atoms with Gasteiger partial charge in [0.2, 0.25) is 5.88 Å². The van der Waals surface area contributed by atoms with Crippen LogP contribution in [0.25, 0.3) is 10.9 Å². The molecule has 1 fully saturated rings. The van der Waals surface area contributed by atoms with Crippen molar-refractivity contribution in [1.82, 2.24) is 19.4 Å². The number of ether oxygens (including phenoxy) is 3. The van der Waals surface area contributed by atoms with Gasteiger partial charge in [0.15, 0.2) is 28.9 Å². The standard InChI is InChI=1S/C31H33FN6O6/c1-19-18-44-31-28-24(12-25(32)30(31)43-3)29(39)21(16-37(19)28)15-36(14-20-8-9-33-27(11-20)42-2)23-5-4-10-35(17-23)22-6-7-26(34-13-22)38(40)41/h6-9,11-13,16,19,23H,4-5,10,14-15,17-18H2,1-3H3/t19-,23-/m0/s1. The number of halogens is 1. The van der Waals surface area contributed by atoms with Gasteiger partial charge in [0.05, 0.1) is 36.9 Å². The van der Waals surface area contributed by atoms with Crippen LogP contribution in [0.4, 0.5) is 15.9 Å². The predicted octanol–water partition coefficient (Wildman–Crippen LogP) is 4.48. The van der Waals surface area contributed by atoms with Gasteiger partial charge in [-0.2, -0.15) is 0 Å². The number of piperidine rings is 1. The monoisotopic (exact) mass is 604 g/mol. The first kappa shape index (κ1) is 29.3. The Morgan fingerprint density at radius 2 is 2.02 bits per heavy atom. The molecule has 2 atom stereocenters. The van der Waals surface area contributed by atoms with E-state index in [1.165, 1.54) is 25.4 Å².